The SMILES string of the molecule is CN(C)C1(C)CN(c2nc3c(F)c(Br)ccc3c3c2ncn3[C@H]2CCN(C(=O)OC(C)(C)C)[C@H](CC#N)C2)C1. The van der Waals surface area contributed by atoms with E-state index in [4.69, 9.17) is 14.7 Å². The molecule has 11 heteroatoms. The number of likely N-dealkylation sites (tertiary alicyclic amines) is 1. The number of aromatic nitrogens is 3. The molecule has 0 aliphatic carbocycles. The molecule has 0 unspecified atom stereocenters. The molecule has 1 aromatic carbocycles. The number of rotatable bonds is 4. The molecule has 4 heterocycles. The molecule has 0 bridgehead atoms. The number of nitrogens with zero attached hydrogens (tertiary/aromatic N) is 7. The van der Waals surface area contributed by atoms with Gasteiger partial charge in [0.25, 0.3) is 0 Å². The largest absolute Gasteiger partial charge is 0.444 e. The van der Waals surface area contributed by atoms with Crippen LogP contribution in [0.15, 0.2) is 22.9 Å². The second-order valence-electron chi connectivity index (χ2n) is 12.2. The topological polar surface area (TPSA) is 90.5 Å². The highest BCUT2D eigenvalue weighted by atomic mass is 79.9. The Balaban J connectivity index is 1.56. The Morgan fingerprint density at radius 3 is 2.67 bits per heavy atom. The van der Waals surface area contributed by atoms with Crippen LogP contribution in [0.3, 0.4) is 0 Å². The Hall–Kier alpha value is -2.97. The molecule has 2 aromatic heterocycles. The van der Waals surface area contributed by atoms with E-state index in [0.717, 1.165) is 24.1 Å². The van der Waals surface area contributed by atoms with Crippen LogP contribution in [0.25, 0.3) is 21.9 Å². The molecule has 9 nitrogen and oxygen atoms in total. The van der Waals surface area contributed by atoms with Crippen LogP contribution < -0.4 is 4.90 Å². The summed E-state index contributed by atoms with van der Waals surface area (Å²) in [6.07, 6.45) is 2.83. The molecule has 1 amide bonds. The third-order valence-corrected chi connectivity index (χ3v) is 8.64. The number of amides is 1. The number of carbonyl (C=O) groups excluding carboxylic acids is 1. The fourth-order valence-corrected chi connectivity index (χ4v) is 5.96. The average molecular weight is 601 g/mol. The van der Waals surface area contributed by atoms with Gasteiger partial charge in [0.05, 0.1) is 34.3 Å². The Kier molecular flexibility index (Phi) is 7.00. The lowest BCUT2D eigenvalue weighted by molar-refractivity contribution is 0.00618. The summed E-state index contributed by atoms with van der Waals surface area (Å²) in [5.74, 6) is 0.272. The molecule has 208 valence electrons. The van der Waals surface area contributed by atoms with Gasteiger partial charge in [-0.2, -0.15) is 5.26 Å². The normalized spacial score (nSPS) is 21.3. The van der Waals surface area contributed by atoms with Crippen molar-refractivity contribution in [2.24, 2.45) is 0 Å². The first-order valence-corrected chi connectivity index (χ1v) is 14.1. The minimum atomic E-state index is -0.619. The second kappa shape index (κ2) is 9.89. The van der Waals surface area contributed by atoms with Gasteiger partial charge < -0.3 is 24.0 Å². The van der Waals surface area contributed by atoms with Crippen molar-refractivity contribution in [2.75, 3.05) is 38.6 Å². The van der Waals surface area contributed by atoms with Crippen LogP contribution in [0.4, 0.5) is 15.0 Å². The predicted octanol–water partition coefficient (Wildman–Crippen LogP) is 5.48. The van der Waals surface area contributed by atoms with Crippen LogP contribution in [0, 0.1) is 17.1 Å². The molecule has 3 aromatic rings. The fraction of sp³-hybridized carbons (Fsp3) is 0.571. The lowest BCUT2D eigenvalue weighted by Gasteiger charge is -2.52. The first kappa shape index (κ1) is 27.6. The number of halogens is 2. The molecule has 2 saturated heterocycles. The van der Waals surface area contributed by atoms with Crippen molar-refractivity contribution in [3.63, 3.8) is 0 Å². The number of ether oxygens (including phenoxy) is 1. The molecule has 0 N–H and O–H groups in total. The maximum Gasteiger partial charge on any atom is 0.410 e. The van der Waals surface area contributed by atoms with E-state index >= 15 is 4.39 Å². The molecule has 0 spiro atoms. The second-order valence-corrected chi connectivity index (χ2v) is 13.0. The lowest BCUT2D eigenvalue weighted by Crippen LogP contribution is -2.67. The molecule has 2 fully saturated rings. The third kappa shape index (κ3) is 4.93. The molecule has 2 atom stereocenters. The maximum atomic E-state index is 15.4. The zero-order valence-corrected chi connectivity index (χ0v) is 24.9. The number of fused-ring (bicyclic) bond motifs is 3. The van der Waals surface area contributed by atoms with Gasteiger partial charge in [-0.25, -0.2) is 19.2 Å². The summed E-state index contributed by atoms with van der Waals surface area (Å²) < 4.78 is 23.5. The minimum absolute atomic E-state index is 0.000347. The van der Waals surface area contributed by atoms with Gasteiger partial charge in [0.1, 0.15) is 16.6 Å². The van der Waals surface area contributed by atoms with Crippen LogP contribution >= 0.6 is 15.9 Å². The van der Waals surface area contributed by atoms with Crippen molar-refractivity contribution in [2.45, 2.75) is 70.2 Å². The van der Waals surface area contributed by atoms with Gasteiger partial charge in [-0.15, -0.1) is 0 Å². The molecular formula is C28H35BrFN7O2. The summed E-state index contributed by atoms with van der Waals surface area (Å²) >= 11 is 3.32. The smallest absolute Gasteiger partial charge is 0.410 e. The molecule has 39 heavy (non-hydrogen) atoms. The highest BCUT2D eigenvalue weighted by molar-refractivity contribution is 9.10. The molecule has 2 aliphatic rings. The van der Waals surface area contributed by atoms with Crippen LogP contribution in [0.5, 0.6) is 0 Å². The van der Waals surface area contributed by atoms with Gasteiger partial charge in [0, 0.05) is 37.1 Å². The number of imidazole rings is 1. The van der Waals surface area contributed by atoms with Crippen molar-refractivity contribution in [1.82, 2.24) is 24.3 Å². The Morgan fingerprint density at radius 1 is 1.31 bits per heavy atom. The first-order chi connectivity index (χ1) is 18.3. The van der Waals surface area contributed by atoms with Crippen molar-refractivity contribution in [3.8, 4) is 6.07 Å². The van der Waals surface area contributed by atoms with Gasteiger partial charge in [0.2, 0.25) is 0 Å². The standard InChI is InChI=1S/C28H35BrFN7O2/c1-27(2,3)39-26(38)36-12-10-18(13-17(36)9-11-31)37-16-32-23-24(37)19-7-8-20(29)21(30)22(19)33-25(23)35-14-28(4,15-35)34(5)6/h7-8,16-18H,9-10,12-15H2,1-6H3/t17-,18+/m1/s1. The van der Waals surface area contributed by atoms with E-state index in [0.29, 0.717) is 40.6 Å². The average Bonchev–Trinajstić information content (AvgIpc) is 3.28. The van der Waals surface area contributed by atoms with Crippen LogP contribution in [-0.4, -0.2) is 81.3 Å². The molecule has 5 rings (SSSR count). The number of nitriles is 1. The minimum Gasteiger partial charge on any atom is -0.444 e. The highest BCUT2D eigenvalue weighted by Crippen LogP contribution is 2.40. The third-order valence-electron chi connectivity index (χ3n) is 8.03. The highest BCUT2D eigenvalue weighted by Gasteiger charge is 2.43. The summed E-state index contributed by atoms with van der Waals surface area (Å²) in [6.45, 7) is 9.68. The summed E-state index contributed by atoms with van der Waals surface area (Å²) in [5.41, 5.74) is 1.24. The number of likely N-dealkylation sites (N-methyl/N-ethyl adjacent to an activating group) is 1. The number of anilines is 1. The van der Waals surface area contributed by atoms with Crippen molar-refractivity contribution < 1.29 is 13.9 Å². The van der Waals surface area contributed by atoms with Gasteiger partial charge in [0.15, 0.2) is 11.6 Å². The molecule has 0 saturated carbocycles. The quantitative estimate of drug-likeness (QED) is 0.392. The number of hydrogen-bond donors (Lipinski definition) is 0. The van der Waals surface area contributed by atoms with Crippen molar-refractivity contribution >= 4 is 49.8 Å². The Morgan fingerprint density at radius 2 is 2.03 bits per heavy atom. The summed E-state index contributed by atoms with van der Waals surface area (Å²) in [5, 5.41) is 10.2. The van der Waals surface area contributed by atoms with Gasteiger partial charge >= 0.3 is 6.09 Å². The lowest BCUT2D eigenvalue weighted by atomic mass is 9.90. The van der Waals surface area contributed by atoms with Crippen LogP contribution in [0.2, 0.25) is 0 Å². The number of hydrogen-bond acceptors (Lipinski definition) is 7. The van der Waals surface area contributed by atoms with E-state index in [9.17, 15) is 10.1 Å². The number of piperidine rings is 1. The summed E-state index contributed by atoms with van der Waals surface area (Å²) in [4.78, 5) is 28.6. The number of pyridine rings is 1. The number of benzene rings is 1. The van der Waals surface area contributed by atoms with Crippen molar-refractivity contribution in [3.05, 3.63) is 28.7 Å². The van der Waals surface area contributed by atoms with Gasteiger partial charge in [-0.3, -0.25) is 0 Å². The van der Waals surface area contributed by atoms with Crippen molar-refractivity contribution in [1.29, 1.82) is 5.26 Å². The summed E-state index contributed by atoms with van der Waals surface area (Å²) in [7, 11) is 4.13. The van der Waals surface area contributed by atoms with Crippen LogP contribution in [0.1, 0.15) is 53.0 Å². The Labute approximate surface area is 236 Å². The van der Waals surface area contributed by atoms with E-state index in [-0.39, 0.29) is 24.0 Å². The van der Waals surface area contributed by atoms with E-state index in [1.807, 2.05) is 26.8 Å². The van der Waals surface area contributed by atoms with Crippen LogP contribution in [-0.2, 0) is 4.74 Å². The predicted molar refractivity (Wildman–Crippen MR) is 152 cm³/mol. The maximum absolute atomic E-state index is 15.4. The number of carbonyl (C=O) groups is 1. The van der Waals surface area contributed by atoms with E-state index in [1.165, 1.54) is 0 Å². The fourth-order valence-electron chi connectivity index (χ4n) is 5.64. The molecule has 0 radical (unpaired) electrons. The zero-order chi connectivity index (χ0) is 28.3. The zero-order valence-electron chi connectivity index (χ0n) is 23.3. The Bertz CT molecular complexity index is 1470. The monoisotopic (exact) mass is 599 g/mol. The van der Waals surface area contributed by atoms with E-state index < -0.39 is 17.5 Å². The van der Waals surface area contributed by atoms with E-state index in [2.05, 4.69) is 57.4 Å². The molecule has 2 aliphatic heterocycles. The van der Waals surface area contributed by atoms with Gasteiger partial charge in [-0.05, 0) is 82.7 Å². The molecular weight excluding hydrogens is 565 g/mol. The van der Waals surface area contributed by atoms with E-state index in [1.54, 1.807) is 17.3 Å². The van der Waals surface area contributed by atoms with Gasteiger partial charge in [-0.1, -0.05) is 0 Å². The first-order valence-electron chi connectivity index (χ1n) is 13.3. The summed E-state index contributed by atoms with van der Waals surface area (Å²) in [6, 6.07) is 5.49.